The van der Waals surface area contributed by atoms with Crippen molar-refractivity contribution in [1.29, 1.82) is 0 Å². The second-order valence-corrected chi connectivity index (χ2v) is 8.03. The molecule has 0 bridgehead atoms. The van der Waals surface area contributed by atoms with Gasteiger partial charge in [0.15, 0.2) is 0 Å². The molecule has 6 nitrogen and oxygen atoms in total. The van der Waals surface area contributed by atoms with Crippen molar-refractivity contribution in [2.75, 3.05) is 11.0 Å². The summed E-state index contributed by atoms with van der Waals surface area (Å²) in [5.41, 5.74) is 2.59. The first-order valence-corrected chi connectivity index (χ1v) is 9.56. The number of nitrogens with zero attached hydrogens (tertiary/aromatic N) is 3. The van der Waals surface area contributed by atoms with Gasteiger partial charge in [0.1, 0.15) is 0 Å². The number of nitrogens with one attached hydrogen (secondary N) is 1. The van der Waals surface area contributed by atoms with Crippen LogP contribution in [0.5, 0.6) is 0 Å². The monoisotopic (exact) mass is 350 g/mol. The normalized spacial score (nSPS) is 11.0. The predicted octanol–water partition coefficient (Wildman–Crippen LogP) is 3.07. The zero-order valence-electron chi connectivity index (χ0n) is 13.4. The summed E-state index contributed by atoms with van der Waals surface area (Å²) in [4.78, 5) is 12.2. The van der Waals surface area contributed by atoms with Gasteiger partial charge < -0.3 is 0 Å². The standard InChI is InChI=1S/C8H7NS.C7H11N3O2S/c1-6-9-7-4-2-3-5-8(7)10-6;1-5-4-6(2)9-7(8-5)10-13(3,11)12/h2-5H,1H3;4H,1-3H3,(H,8,9,10). The third-order valence-corrected chi connectivity index (χ3v) is 4.16. The number of para-hydroxylation sites is 1. The highest BCUT2D eigenvalue weighted by molar-refractivity contribution is 7.91. The van der Waals surface area contributed by atoms with Gasteiger partial charge >= 0.3 is 0 Å². The second-order valence-electron chi connectivity index (χ2n) is 5.05. The molecule has 0 aliphatic carbocycles. The summed E-state index contributed by atoms with van der Waals surface area (Å²) in [7, 11) is -3.29. The Kier molecular flexibility index (Phi) is 5.27. The molecule has 23 heavy (non-hydrogen) atoms. The van der Waals surface area contributed by atoms with Crippen LogP contribution in [0, 0.1) is 20.8 Å². The number of benzene rings is 1. The smallest absolute Gasteiger partial charge is 0.236 e. The van der Waals surface area contributed by atoms with Crippen molar-refractivity contribution < 1.29 is 8.42 Å². The van der Waals surface area contributed by atoms with Gasteiger partial charge in [-0.05, 0) is 39.0 Å². The number of fused-ring (bicyclic) bond motifs is 1. The third kappa shape index (κ3) is 5.57. The highest BCUT2D eigenvalue weighted by atomic mass is 32.2. The molecule has 3 aromatic rings. The minimum atomic E-state index is -3.29. The summed E-state index contributed by atoms with van der Waals surface area (Å²) in [6.07, 6.45) is 1.06. The predicted molar refractivity (Wildman–Crippen MR) is 94.3 cm³/mol. The largest absolute Gasteiger partial charge is 0.251 e. The maximum atomic E-state index is 10.8. The molecule has 0 spiro atoms. The lowest BCUT2D eigenvalue weighted by atomic mass is 10.3. The average molecular weight is 350 g/mol. The number of rotatable bonds is 2. The van der Waals surface area contributed by atoms with Crippen molar-refractivity contribution >= 4 is 37.5 Å². The molecule has 0 aliphatic rings. The number of hydrogen-bond acceptors (Lipinski definition) is 6. The highest BCUT2D eigenvalue weighted by Crippen LogP contribution is 2.19. The van der Waals surface area contributed by atoms with Crippen LogP contribution in [-0.2, 0) is 10.0 Å². The number of sulfonamides is 1. The lowest BCUT2D eigenvalue weighted by Crippen LogP contribution is -2.13. The van der Waals surface area contributed by atoms with Gasteiger partial charge in [-0.3, -0.25) is 4.72 Å². The van der Waals surface area contributed by atoms with Crippen molar-refractivity contribution in [3.63, 3.8) is 0 Å². The van der Waals surface area contributed by atoms with Crippen molar-refractivity contribution in [2.45, 2.75) is 20.8 Å². The van der Waals surface area contributed by atoms with Crippen molar-refractivity contribution in [3.05, 3.63) is 46.7 Å². The van der Waals surface area contributed by atoms with E-state index in [2.05, 4.69) is 25.7 Å². The van der Waals surface area contributed by atoms with Gasteiger partial charge in [-0.25, -0.2) is 23.4 Å². The first kappa shape index (κ1) is 17.3. The molecule has 1 N–H and O–H groups in total. The van der Waals surface area contributed by atoms with Gasteiger partial charge in [0.25, 0.3) is 0 Å². The van der Waals surface area contributed by atoms with E-state index in [4.69, 9.17) is 0 Å². The zero-order chi connectivity index (χ0) is 17.0. The number of aryl methyl sites for hydroxylation is 3. The van der Waals surface area contributed by atoms with Crippen LogP contribution in [-0.4, -0.2) is 29.6 Å². The fourth-order valence-electron chi connectivity index (χ4n) is 1.92. The summed E-state index contributed by atoms with van der Waals surface area (Å²) in [5.74, 6) is 0.125. The molecule has 3 rings (SSSR count). The van der Waals surface area contributed by atoms with Crippen LogP contribution in [0.4, 0.5) is 5.95 Å². The van der Waals surface area contributed by atoms with Crippen LogP contribution >= 0.6 is 11.3 Å². The maximum absolute atomic E-state index is 10.8. The lowest BCUT2D eigenvalue weighted by molar-refractivity contribution is 0.606. The first-order chi connectivity index (χ1) is 10.7. The van der Waals surface area contributed by atoms with Gasteiger partial charge in [0.2, 0.25) is 16.0 Å². The van der Waals surface area contributed by atoms with E-state index in [1.165, 1.54) is 4.70 Å². The van der Waals surface area contributed by atoms with Crippen molar-refractivity contribution in [2.24, 2.45) is 0 Å². The molecule has 0 unspecified atom stereocenters. The van der Waals surface area contributed by atoms with Gasteiger partial charge in [0.05, 0.1) is 21.5 Å². The molecule has 1 aromatic carbocycles. The highest BCUT2D eigenvalue weighted by Gasteiger charge is 2.04. The maximum Gasteiger partial charge on any atom is 0.236 e. The molecule has 0 radical (unpaired) electrons. The summed E-state index contributed by atoms with van der Waals surface area (Å²) in [6, 6.07) is 9.97. The van der Waals surface area contributed by atoms with Crippen LogP contribution in [0.2, 0.25) is 0 Å². The molecular formula is C15H18N4O2S2. The van der Waals surface area contributed by atoms with Crippen LogP contribution in [0.3, 0.4) is 0 Å². The number of anilines is 1. The van der Waals surface area contributed by atoms with E-state index in [0.717, 1.165) is 28.2 Å². The molecule has 0 atom stereocenters. The molecule has 0 amide bonds. The minimum Gasteiger partial charge on any atom is -0.251 e. The topological polar surface area (TPSA) is 84.8 Å². The Bertz CT molecular complexity index is 867. The molecule has 0 saturated carbocycles. The quantitative estimate of drug-likeness (QED) is 0.768. The van der Waals surface area contributed by atoms with Crippen LogP contribution in [0.15, 0.2) is 30.3 Å². The Hall–Kier alpha value is -2.06. The Labute approximate surface area is 139 Å². The van der Waals surface area contributed by atoms with Gasteiger partial charge in [-0.15, -0.1) is 11.3 Å². The van der Waals surface area contributed by atoms with E-state index < -0.39 is 10.0 Å². The van der Waals surface area contributed by atoms with E-state index in [9.17, 15) is 8.42 Å². The van der Waals surface area contributed by atoms with Gasteiger partial charge in [-0.1, -0.05) is 12.1 Å². The lowest BCUT2D eigenvalue weighted by Gasteiger charge is -2.03. The molecule has 122 valence electrons. The average Bonchev–Trinajstić information content (AvgIpc) is 2.76. The molecule has 8 heteroatoms. The van der Waals surface area contributed by atoms with Gasteiger partial charge in [0, 0.05) is 11.4 Å². The summed E-state index contributed by atoms with van der Waals surface area (Å²) in [5, 5.41) is 1.14. The summed E-state index contributed by atoms with van der Waals surface area (Å²) >= 11 is 1.74. The molecular weight excluding hydrogens is 332 g/mol. The van der Waals surface area contributed by atoms with Crippen LogP contribution < -0.4 is 4.72 Å². The minimum absolute atomic E-state index is 0.125. The molecule has 2 heterocycles. The van der Waals surface area contributed by atoms with Crippen molar-refractivity contribution in [1.82, 2.24) is 15.0 Å². The number of aromatic nitrogens is 3. The number of hydrogen-bond donors (Lipinski definition) is 1. The molecule has 2 aromatic heterocycles. The Morgan fingerprint density at radius 1 is 1.00 bits per heavy atom. The van der Waals surface area contributed by atoms with E-state index in [1.54, 1.807) is 31.3 Å². The molecule has 0 saturated heterocycles. The fourth-order valence-corrected chi connectivity index (χ4v) is 3.17. The number of thiazole rings is 1. The summed E-state index contributed by atoms with van der Waals surface area (Å²) < 4.78 is 25.2. The van der Waals surface area contributed by atoms with E-state index >= 15 is 0 Å². The molecule has 0 fully saturated rings. The van der Waals surface area contributed by atoms with Crippen LogP contribution in [0.1, 0.15) is 16.4 Å². The van der Waals surface area contributed by atoms with Crippen molar-refractivity contribution in [3.8, 4) is 0 Å². The second kappa shape index (κ2) is 7.01. The SMILES string of the molecule is Cc1cc(C)nc(NS(C)(=O)=O)n1.Cc1nc2ccccc2s1. The Balaban J connectivity index is 0.000000172. The van der Waals surface area contributed by atoms with E-state index in [1.807, 2.05) is 25.1 Å². The first-order valence-electron chi connectivity index (χ1n) is 6.85. The zero-order valence-corrected chi connectivity index (χ0v) is 15.0. The van der Waals surface area contributed by atoms with E-state index in [0.29, 0.717) is 0 Å². The van der Waals surface area contributed by atoms with Gasteiger partial charge in [-0.2, -0.15) is 0 Å². The summed E-state index contributed by atoms with van der Waals surface area (Å²) in [6.45, 7) is 5.59. The fraction of sp³-hybridized carbons (Fsp3) is 0.267. The Morgan fingerprint density at radius 2 is 1.61 bits per heavy atom. The third-order valence-electron chi connectivity index (χ3n) is 2.66. The Morgan fingerprint density at radius 3 is 2.17 bits per heavy atom. The van der Waals surface area contributed by atoms with E-state index in [-0.39, 0.29) is 5.95 Å². The van der Waals surface area contributed by atoms with Crippen LogP contribution in [0.25, 0.3) is 10.2 Å². The molecule has 0 aliphatic heterocycles.